The summed E-state index contributed by atoms with van der Waals surface area (Å²) in [4.78, 5) is 18.4. The molecule has 0 aliphatic carbocycles. The largest absolute Gasteiger partial charge is 0.335 e. The maximum atomic E-state index is 13.8. The fourth-order valence-electron chi connectivity index (χ4n) is 3.40. The Morgan fingerprint density at radius 3 is 2.93 bits per heavy atom. The van der Waals surface area contributed by atoms with E-state index < -0.39 is 24.2 Å². The normalized spacial score (nSPS) is 18.8. The lowest BCUT2D eigenvalue weighted by atomic mass is 9.94. The first kappa shape index (κ1) is 18.0. The van der Waals surface area contributed by atoms with E-state index >= 15 is 0 Å². The van der Waals surface area contributed by atoms with Crippen molar-refractivity contribution in [3.8, 4) is 11.8 Å². The predicted octanol–water partition coefficient (Wildman–Crippen LogP) is 2.74. The van der Waals surface area contributed by atoms with Crippen LogP contribution in [0.2, 0.25) is 0 Å². The van der Waals surface area contributed by atoms with Gasteiger partial charge in [0.1, 0.15) is 5.92 Å². The lowest BCUT2D eigenvalue weighted by Gasteiger charge is -2.34. The van der Waals surface area contributed by atoms with Crippen LogP contribution in [-0.2, 0) is 0 Å². The number of likely N-dealkylation sites (tertiary alicyclic amines) is 1. The smallest absolute Gasteiger partial charge is 0.276 e. The molecule has 0 bridgehead atoms. The van der Waals surface area contributed by atoms with E-state index in [2.05, 4.69) is 15.3 Å². The molecule has 1 atom stereocenters. The topological polar surface area (TPSA) is 87.7 Å². The maximum absolute atomic E-state index is 13.8. The lowest BCUT2D eigenvalue weighted by Crippen LogP contribution is -2.49. The van der Waals surface area contributed by atoms with Crippen molar-refractivity contribution in [2.75, 3.05) is 13.1 Å². The molecule has 7 nitrogen and oxygen atoms in total. The second kappa shape index (κ2) is 6.64. The fraction of sp³-hybridized carbons (Fsp3) is 0.316. The number of piperidine rings is 1. The van der Waals surface area contributed by atoms with Crippen molar-refractivity contribution in [1.29, 1.82) is 5.26 Å². The third-order valence-corrected chi connectivity index (χ3v) is 5.02. The molecule has 142 valence electrons. The van der Waals surface area contributed by atoms with Gasteiger partial charge >= 0.3 is 0 Å². The molecule has 9 heteroatoms. The monoisotopic (exact) mass is 382 g/mol. The zero-order valence-electron chi connectivity index (χ0n) is 15.0. The summed E-state index contributed by atoms with van der Waals surface area (Å²) in [5.74, 6) is -5.11. The molecule has 1 aliphatic heterocycles. The van der Waals surface area contributed by atoms with Crippen LogP contribution in [0.3, 0.4) is 0 Å². The molecule has 28 heavy (non-hydrogen) atoms. The Bertz CT molecular complexity index is 1100. The number of alkyl halides is 2. The molecule has 0 N–H and O–H groups in total. The van der Waals surface area contributed by atoms with Crippen molar-refractivity contribution in [3.63, 3.8) is 0 Å². The summed E-state index contributed by atoms with van der Waals surface area (Å²) in [6, 6.07) is 10.8. The van der Waals surface area contributed by atoms with E-state index in [0.29, 0.717) is 5.69 Å². The van der Waals surface area contributed by atoms with Crippen LogP contribution in [0.1, 0.15) is 22.6 Å². The predicted molar refractivity (Wildman–Crippen MR) is 96.0 cm³/mol. The van der Waals surface area contributed by atoms with Gasteiger partial charge in [-0.3, -0.25) is 9.78 Å². The fourth-order valence-corrected chi connectivity index (χ4v) is 3.40. The number of rotatable bonds is 2. The molecule has 3 aromatic rings. The van der Waals surface area contributed by atoms with E-state index in [-0.39, 0.29) is 18.8 Å². The number of amides is 1. The van der Waals surface area contributed by atoms with E-state index in [4.69, 9.17) is 5.26 Å². The summed E-state index contributed by atoms with van der Waals surface area (Å²) in [6.45, 7) is 1.24. The first-order valence-electron chi connectivity index (χ1n) is 8.75. The number of pyridine rings is 1. The second-order valence-corrected chi connectivity index (χ2v) is 6.73. The van der Waals surface area contributed by atoms with E-state index in [1.54, 1.807) is 25.3 Å². The van der Waals surface area contributed by atoms with Gasteiger partial charge in [0.15, 0.2) is 5.69 Å². The van der Waals surface area contributed by atoms with Crippen LogP contribution in [0.15, 0.2) is 36.5 Å². The molecule has 4 rings (SSSR count). The number of nitriles is 1. The Balaban J connectivity index is 1.67. The van der Waals surface area contributed by atoms with Crippen LogP contribution < -0.4 is 0 Å². The maximum Gasteiger partial charge on any atom is 0.276 e. The number of halogens is 2. The van der Waals surface area contributed by atoms with Gasteiger partial charge in [0.2, 0.25) is 0 Å². The number of hydrogen-bond acceptors (Lipinski definition) is 5. The van der Waals surface area contributed by atoms with Crippen molar-refractivity contribution in [2.24, 2.45) is 5.92 Å². The van der Waals surface area contributed by atoms with Crippen molar-refractivity contribution in [3.05, 3.63) is 47.9 Å². The minimum Gasteiger partial charge on any atom is -0.335 e. The zero-order chi connectivity index (χ0) is 19.9. The van der Waals surface area contributed by atoms with Gasteiger partial charge in [0.05, 0.1) is 23.0 Å². The average Bonchev–Trinajstić information content (AvgIpc) is 3.08. The molecule has 0 spiro atoms. The second-order valence-electron chi connectivity index (χ2n) is 6.73. The van der Waals surface area contributed by atoms with Crippen LogP contribution in [0.25, 0.3) is 16.6 Å². The van der Waals surface area contributed by atoms with Gasteiger partial charge in [-0.05, 0) is 31.2 Å². The molecule has 1 unspecified atom stereocenters. The molecule has 1 aliphatic rings. The minimum absolute atomic E-state index is 0.0859. The van der Waals surface area contributed by atoms with Gasteiger partial charge in [0.25, 0.3) is 11.8 Å². The number of aromatic nitrogens is 4. The van der Waals surface area contributed by atoms with Gasteiger partial charge in [-0.25, -0.2) is 13.5 Å². The molecule has 0 saturated carbocycles. The molecule has 2 aromatic heterocycles. The highest BCUT2D eigenvalue weighted by molar-refractivity contribution is 5.94. The summed E-state index contributed by atoms with van der Waals surface area (Å²) >= 11 is 0. The summed E-state index contributed by atoms with van der Waals surface area (Å²) < 4.78 is 29.1. The zero-order valence-corrected chi connectivity index (χ0v) is 15.0. The summed E-state index contributed by atoms with van der Waals surface area (Å²) in [5.41, 5.74) is 2.07. The Hall–Kier alpha value is -3.41. The molecular formula is C19H16F2N6O. The number of nitrogens with zero attached hydrogens (tertiary/aromatic N) is 6. The van der Waals surface area contributed by atoms with Crippen LogP contribution in [0, 0.1) is 24.2 Å². The average molecular weight is 382 g/mol. The molecular weight excluding hydrogens is 366 g/mol. The highest BCUT2D eigenvalue weighted by atomic mass is 19.3. The highest BCUT2D eigenvalue weighted by Crippen LogP contribution is 2.33. The van der Waals surface area contributed by atoms with Crippen molar-refractivity contribution in [2.45, 2.75) is 19.3 Å². The van der Waals surface area contributed by atoms with E-state index in [0.717, 1.165) is 16.6 Å². The van der Waals surface area contributed by atoms with Crippen molar-refractivity contribution in [1.82, 2.24) is 24.9 Å². The Morgan fingerprint density at radius 1 is 1.32 bits per heavy atom. The molecule has 0 radical (unpaired) electrons. The molecule has 3 heterocycles. The number of carbonyl (C=O) groups is 1. The first-order chi connectivity index (χ1) is 13.4. The third kappa shape index (κ3) is 2.87. The van der Waals surface area contributed by atoms with Gasteiger partial charge in [-0.15, -0.1) is 5.10 Å². The quantitative estimate of drug-likeness (QED) is 0.680. The summed E-state index contributed by atoms with van der Waals surface area (Å²) in [7, 11) is 0. The van der Waals surface area contributed by atoms with Gasteiger partial charge in [0, 0.05) is 31.1 Å². The van der Waals surface area contributed by atoms with E-state index in [9.17, 15) is 13.6 Å². The Morgan fingerprint density at radius 2 is 2.14 bits per heavy atom. The Labute approximate surface area is 159 Å². The van der Waals surface area contributed by atoms with Crippen LogP contribution in [0.5, 0.6) is 0 Å². The highest BCUT2D eigenvalue weighted by Gasteiger charge is 2.46. The molecule has 1 aromatic carbocycles. The van der Waals surface area contributed by atoms with E-state index in [1.807, 2.05) is 24.3 Å². The molecule has 1 amide bonds. The van der Waals surface area contributed by atoms with Gasteiger partial charge in [-0.2, -0.15) is 5.26 Å². The SMILES string of the molecule is Cc1c(C(=O)N2CCC(F)(F)C(C#N)C2)nnn1-c1cccc2ncccc12. The third-order valence-electron chi connectivity index (χ3n) is 5.02. The molecule has 1 saturated heterocycles. The van der Waals surface area contributed by atoms with Gasteiger partial charge in [-0.1, -0.05) is 11.3 Å². The molecule has 1 fully saturated rings. The van der Waals surface area contributed by atoms with Crippen molar-refractivity contribution >= 4 is 16.8 Å². The van der Waals surface area contributed by atoms with Gasteiger partial charge < -0.3 is 4.90 Å². The van der Waals surface area contributed by atoms with Crippen LogP contribution in [-0.4, -0.2) is 49.8 Å². The number of carbonyl (C=O) groups excluding carboxylic acids is 1. The standard InChI is InChI=1S/C19H16F2N6O/c1-12-17(18(28)26-9-7-19(20,21)13(10-22)11-26)24-25-27(12)16-6-2-5-15-14(16)4-3-8-23-15/h2-6,8,13H,7,9,11H2,1H3. The van der Waals surface area contributed by atoms with E-state index in [1.165, 1.54) is 9.58 Å². The number of benzene rings is 1. The number of fused-ring (bicyclic) bond motifs is 1. The minimum atomic E-state index is -3.09. The van der Waals surface area contributed by atoms with Crippen molar-refractivity contribution < 1.29 is 13.6 Å². The Kier molecular flexibility index (Phi) is 4.26. The van der Waals surface area contributed by atoms with Crippen LogP contribution in [0.4, 0.5) is 8.78 Å². The number of hydrogen-bond donors (Lipinski definition) is 0. The summed E-state index contributed by atoms with van der Waals surface area (Å²) in [6.07, 6.45) is 1.14. The lowest BCUT2D eigenvalue weighted by molar-refractivity contribution is -0.0790. The summed E-state index contributed by atoms with van der Waals surface area (Å²) in [5, 5.41) is 17.9. The first-order valence-corrected chi connectivity index (χ1v) is 8.75. The van der Waals surface area contributed by atoms with Crippen LogP contribution >= 0.6 is 0 Å².